The highest BCUT2D eigenvalue weighted by atomic mass is 35.5. The predicted molar refractivity (Wildman–Crippen MR) is 168 cm³/mol. The highest BCUT2D eigenvalue weighted by Gasteiger charge is 2.30. The standard InChI is InChI=1S/C31H33Cl2N9O/c32-24-13-20(15-34)14-25(33)27(24)39-31-38-26-16-36-30(40-29(26)42(31)23-10-8-21(9-11-23)28(35)43)37-22-7-4-12-41(18-22)17-19-5-2-1-3-6-19/h1-3,5-6,13-14,16,21-23H,4,7-12,17-18H2,(H2,35,43)(H,38,39)(H,36,37,40). The number of aromatic nitrogens is 4. The molecule has 2 aromatic carbocycles. The van der Waals surface area contributed by atoms with Crippen molar-refractivity contribution < 1.29 is 4.79 Å². The van der Waals surface area contributed by atoms with Gasteiger partial charge in [0.2, 0.25) is 17.8 Å². The van der Waals surface area contributed by atoms with Crippen LogP contribution in [0.3, 0.4) is 0 Å². The molecule has 4 N–H and O–H groups in total. The van der Waals surface area contributed by atoms with Crippen molar-refractivity contribution in [2.45, 2.75) is 57.2 Å². The molecule has 12 heteroatoms. The normalized spacial score (nSPS) is 20.9. The van der Waals surface area contributed by atoms with E-state index in [-0.39, 0.29) is 23.9 Å². The third-order valence-corrected chi connectivity index (χ3v) is 8.99. The van der Waals surface area contributed by atoms with E-state index >= 15 is 0 Å². The van der Waals surface area contributed by atoms with Crippen LogP contribution in [0.5, 0.6) is 0 Å². The number of primary amides is 1. The van der Waals surface area contributed by atoms with Gasteiger partial charge in [0.1, 0.15) is 5.52 Å². The number of hydrogen-bond acceptors (Lipinski definition) is 8. The van der Waals surface area contributed by atoms with Crippen LogP contribution in [0.15, 0.2) is 48.7 Å². The molecule has 222 valence electrons. The smallest absolute Gasteiger partial charge is 0.225 e. The second-order valence-electron chi connectivity index (χ2n) is 11.4. The molecule has 2 fully saturated rings. The number of halogens is 2. The van der Waals surface area contributed by atoms with E-state index in [1.165, 1.54) is 5.56 Å². The zero-order valence-electron chi connectivity index (χ0n) is 23.6. The van der Waals surface area contributed by atoms with E-state index in [0.29, 0.717) is 57.2 Å². The van der Waals surface area contributed by atoms with Gasteiger partial charge in [-0.15, -0.1) is 0 Å². The third-order valence-electron chi connectivity index (χ3n) is 8.39. The minimum atomic E-state index is -0.258. The molecular formula is C31H33Cl2N9O. The summed E-state index contributed by atoms with van der Waals surface area (Å²) in [6.45, 7) is 2.87. The van der Waals surface area contributed by atoms with Gasteiger partial charge in [-0.3, -0.25) is 14.3 Å². The Hall–Kier alpha value is -3.91. The van der Waals surface area contributed by atoms with Crippen LogP contribution < -0.4 is 16.4 Å². The molecule has 1 aliphatic carbocycles. The second-order valence-corrected chi connectivity index (χ2v) is 12.2. The molecule has 10 nitrogen and oxygen atoms in total. The molecular weight excluding hydrogens is 585 g/mol. The number of nitrogens with two attached hydrogens (primary N) is 1. The van der Waals surface area contributed by atoms with Crippen LogP contribution >= 0.6 is 23.2 Å². The average Bonchev–Trinajstić information content (AvgIpc) is 3.36. The largest absolute Gasteiger partial charge is 0.369 e. The van der Waals surface area contributed by atoms with Gasteiger partial charge in [0.05, 0.1) is 33.6 Å². The SMILES string of the molecule is N#Cc1cc(Cl)c(Nc2nc3cnc(NC4CCCN(Cc5ccccc5)C4)nc3n2C2CCC(C(N)=O)CC2)c(Cl)c1. The maximum atomic E-state index is 11.9. The lowest BCUT2D eigenvalue weighted by molar-refractivity contribution is -0.122. The van der Waals surface area contributed by atoms with Crippen LogP contribution in [0.1, 0.15) is 55.7 Å². The van der Waals surface area contributed by atoms with Gasteiger partial charge in [-0.05, 0) is 62.8 Å². The van der Waals surface area contributed by atoms with Crippen LogP contribution in [0.2, 0.25) is 10.0 Å². The molecule has 4 aromatic rings. The Morgan fingerprint density at radius 2 is 1.81 bits per heavy atom. The first-order chi connectivity index (χ1) is 20.9. The van der Waals surface area contributed by atoms with Crippen molar-refractivity contribution in [1.29, 1.82) is 5.26 Å². The van der Waals surface area contributed by atoms with Crippen molar-refractivity contribution in [2.24, 2.45) is 11.7 Å². The predicted octanol–water partition coefficient (Wildman–Crippen LogP) is 6.04. The summed E-state index contributed by atoms with van der Waals surface area (Å²) in [5.41, 5.74) is 9.05. The zero-order chi connectivity index (χ0) is 29.9. The summed E-state index contributed by atoms with van der Waals surface area (Å²) in [7, 11) is 0. The Kier molecular flexibility index (Phi) is 8.66. The molecule has 2 aliphatic rings. The Balaban J connectivity index is 1.29. The summed E-state index contributed by atoms with van der Waals surface area (Å²) in [6, 6.07) is 16.0. The van der Waals surface area contributed by atoms with Crippen LogP contribution in [-0.2, 0) is 11.3 Å². The maximum Gasteiger partial charge on any atom is 0.225 e. The van der Waals surface area contributed by atoms with Crippen LogP contribution in [0.4, 0.5) is 17.6 Å². The number of fused-ring (bicyclic) bond motifs is 1. The highest BCUT2D eigenvalue weighted by Crippen LogP contribution is 2.39. The Morgan fingerprint density at radius 1 is 1.07 bits per heavy atom. The van der Waals surface area contributed by atoms with Gasteiger partial charge in [-0.25, -0.2) is 9.97 Å². The Bertz CT molecular complexity index is 1640. The van der Waals surface area contributed by atoms with Gasteiger partial charge in [0.15, 0.2) is 5.65 Å². The van der Waals surface area contributed by atoms with E-state index in [9.17, 15) is 10.1 Å². The first-order valence-corrected chi connectivity index (χ1v) is 15.4. The number of hydrogen-bond donors (Lipinski definition) is 3. The van der Waals surface area contributed by atoms with Gasteiger partial charge in [-0.1, -0.05) is 53.5 Å². The van der Waals surface area contributed by atoms with Gasteiger partial charge in [0.25, 0.3) is 0 Å². The number of likely N-dealkylation sites (tertiary alicyclic amines) is 1. The van der Waals surface area contributed by atoms with Crippen molar-refractivity contribution in [2.75, 3.05) is 23.7 Å². The van der Waals surface area contributed by atoms with E-state index in [2.05, 4.69) is 55.4 Å². The number of carbonyl (C=O) groups excluding carboxylic acids is 1. The molecule has 0 radical (unpaired) electrons. The van der Waals surface area contributed by atoms with E-state index in [4.69, 9.17) is 38.9 Å². The molecule has 3 heterocycles. The van der Waals surface area contributed by atoms with Gasteiger partial charge >= 0.3 is 0 Å². The lowest BCUT2D eigenvalue weighted by Gasteiger charge is -2.33. The first kappa shape index (κ1) is 29.2. The number of nitrogens with one attached hydrogen (secondary N) is 2. The van der Waals surface area contributed by atoms with Crippen molar-refractivity contribution in [3.05, 3.63) is 69.8 Å². The number of nitrogens with zero attached hydrogens (tertiary/aromatic N) is 6. The molecule has 2 aromatic heterocycles. The van der Waals surface area contributed by atoms with E-state index in [0.717, 1.165) is 45.3 Å². The van der Waals surface area contributed by atoms with Gasteiger partial charge in [-0.2, -0.15) is 10.2 Å². The summed E-state index contributed by atoms with van der Waals surface area (Å²) in [5, 5.41) is 16.8. The fourth-order valence-electron chi connectivity index (χ4n) is 6.22. The molecule has 0 bridgehead atoms. The van der Waals surface area contributed by atoms with Gasteiger partial charge in [0, 0.05) is 31.1 Å². The number of benzene rings is 2. The monoisotopic (exact) mass is 617 g/mol. The second kappa shape index (κ2) is 12.8. The lowest BCUT2D eigenvalue weighted by atomic mass is 9.85. The molecule has 1 saturated carbocycles. The van der Waals surface area contributed by atoms with Crippen molar-refractivity contribution in [3.63, 3.8) is 0 Å². The van der Waals surface area contributed by atoms with E-state index in [1.54, 1.807) is 18.3 Å². The first-order valence-electron chi connectivity index (χ1n) is 14.6. The van der Waals surface area contributed by atoms with Crippen LogP contribution in [0.25, 0.3) is 11.2 Å². The summed E-state index contributed by atoms with van der Waals surface area (Å²) in [6.07, 6.45) is 6.71. The zero-order valence-corrected chi connectivity index (χ0v) is 25.2. The number of piperidine rings is 1. The quantitative estimate of drug-likeness (QED) is 0.217. The van der Waals surface area contributed by atoms with E-state index < -0.39 is 0 Å². The fraction of sp³-hybridized carbons (Fsp3) is 0.387. The topological polar surface area (TPSA) is 138 Å². The molecule has 0 spiro atoms. The summed E-state index contributed by atoms with van der Waals surface area (Å²) in [4.78, 5) is 28.7. The molecule has 6 rings (SSSR count). The Morgan fingerprint density at radius 3 is 2.51 bits per heavy atom. The number of rotatable bonds is 8. The van der Waals surface area contributed by atoms with Crippen molar-refractivity contribution in [1.82, 2.24) is 24.4 Å². The third kappa shape index (κ3) is 6.54. The Labute approximate surface area is 260 Å². The summed E-state index contributed by atoms with van der Waals surface area (Å²) >= 11 is 13.0. The highest BCUT2D eigenvalue weighted by molar-refractivity contribution is 6.39. The van der Waals surface area contributed by atoms with E-state index in [1.807, 2.05) is 6.07 Å². The molecule has 1 amide bonds. The van der Waals surface area contributed by atoms with Gasteiger partial charge < -0.3 is 16.4 Å². The molecule has 1 saturated heterocycles. The number of nitriles is 1. The fourth-order valence-corrected chi connectivity index (χ4v) is 6.80. The number of imidazole rings is 1. The number of carbonyl (C=O) groups is 1. The molecule has 1 atom stereocenters. The van der Waals surface area contributed by atoms with Crippen molar-refractivity contribution in [3.8, 4) is 6.07 Å². The average molecular weight is 619 g/mol. The summed E-state index contributed by atoms with van der Waals surface area (Å²) < 4.78 is 2.06. The number of anilines is 3. The van der Waals surface area contributed by atoms with Crippen LogP contribution in [0, 0.1) is 17.2 Å². The lowest BCUT2D eigenvalue weighted by Crippen LogP contribution is -2.41. The minimum Gasteiger partial charge on any atom is -0.369 e. The minimum absolute atomic E-state index is 0.0258. The van der Waals surface area contributed by atoms with Crippen LogP contribution in [-0.4, -0.2) is 49.5 Å². The maximum absolute atomic E-state index is 11.9. The molecule has 1 aliphatic heterocycles. The molecule has 1 unspecified atom stereocenters. The molecule has 43 heavy (non-hydrogen) atoms. The van der Waals surface area contributed by atoms with Crippen molar-refractivity contribution >= 4 is 57.9 Å². The summed E-state index contributed by atoms with van der Waals surface area (Å²) in [5.74, 6) is 0.670. The number of amides is 1.